The molecule has 4 atom stereocenters. The number of rotatable bonds is 7. The summed E-state index contributed by atoms with van der Waals surface area (Å²) in [6, 6.07) is 11.7. The third-order valence-electron chi connectivity index (χ3n) is 8.45. The van der Waals surface area contributed by atoms with E-state index in [0.29, 0.717) is 24.7 Å². The zero-order chi connectivity index (χ0) is 25.6. The zero-order valence-electron chi connectivity index (χ0n) is 21.8. The second-order valence-electron chi connectivity index (χ2n) is 10.9. The van der Waals surface area contributed by atoms with E-state index >= 15 is 0 Å². The maximum absolute atomic E-state index is 13.0. The van der Waals surface area contributed by atoms with E-state index in [-0.39, 0.29) is 35.7 Å². The number of carbonyl (C=O) groups is 2. The van der Waals surface area contributed by atoms with Gasteiger partial charge in [0.15, 0.2) is 0 Å². The van der Waals surface area contributed by atoms with Crippen LogP contribution in [-0.2, 0) is 14.3 Å². The Kier molecular flexibility index (Phi) is 6.78. The molecule has 36 heavy (non-hydrogen) atoms. The molecule has 2 saturated heterocycles. The first kappa shape index (κ1) is 24.8. The van der Waals surface area contributed by atoms with Gasteiger partial charge in [-0.1, -0.05) is 74.7 Å². The molecule has 0 spiro atoms. The Balaban J connectivity index is 1.42. The second kappa shape index (κ2) is 9.85. The number of phenolic OH excluding ortho intramolecular Hbond substituents is 1. The van der Waals surface area contributed by atoms with Crippen molar-refractivity contribution >= 4 is 28.7 Å². The fourth-order valence-electron chi connectivity index (χ4n) is 6.68. The van der Waals surface area contributed by atoms with Crippen molar-refractivity contribution in [3.8, 4) is 5.75 Å². The minimum Gasteiger partial charge on any atom is -0.507 e. The number of phenols is 1. The molecule has 2 fully saturated rings. The molecule has 2 aliphatic heterocycles. The van der Waals surface area contributed by atoms with Crippen molar-refractivity contribution in [1.29, 1.82) is 0 Å². The molecule has 0 saturated carbocycles. The van der Waals surface area contributed by atoms with Crippen molar-refractivity contribution in [2.75, 3.05) is 13.7 Å². The van der Waals surface area contributed by atoms with Gasteiger partial charge in [0.25, 0.3) is 0 Å². The second-order valence-corrected chi connectivity index (χ2v) is 10.9. The molecule has 3 aliphatic rings. The van der Waals surface area contributed by atoms with Gasteiger partial charge in [-0.05, 0) is 54.2 Å². The van der Waals surface area contributed by atoms with Crippen molar-refractivity contribution in [2.24, 2.45) is 23.7 Å². The van der Waals surface area contributed by atoms with Crippen LogP contribution in [0.1, 0.15) is 58.4 Å². The normalized spacial score (nSPS) is 26.4. The molecule has 190 valence electrons. The number of amides is 2. The van der Waals surface area contributed by atoms with E-state index in [1.54, 1.807) is 13.1 Å². The van der Waals surface area contributed by atoms with Gasteiger partial charge in [0.05, 0.1) is 24.5 Å². The highest BCUT2D eigenvalue weighted by Crippen LogP contribution is 2.51. The third-order valence-corrected chi connectivity index (χ3v) is 8.45. The SMILES string of the molecule is CCC/C(=C\c1ccc(O)c2ccccc12)CC[C@H]1OC[C@H]2C1=C(C(C)C)C[C@H]1C(=O)N(C)C(=O)[C@H]12. The smallest absolute Gasteiger partial charge is 0.233 e. The summed E-state index contributed by atoms with van der Waals surface area (Å²) >= 11 is 0. The van der Waals surface area contributed by atoms with Gasteiger partial charge in [-0.25, -0.2) is 0 Å². The van der Waals surface area contributed by atoms with Crippen LogP contribution in [-0.4, -0.2) is 41.6 Å². The number of carbonyl (C=O) groups excluding carboxylic acids is 2. The number of aromatic hydroxyl groups is 1. The van der Waals surface area contributed by atoms with E-state index in [2.05, 4.69) is 32.9 Å². The first-order valence-electron chi connectivity index (χ1n) is 13.4. The molecule has 5 heteroatoms. The summed E-state index contributed by atoms with van der Waals surface area (Å²) < 4.78 is 6.37. The van der Waals surface area contributed by atoms with Gasteiger partial charge in [-0.2, -0.15) is 0 Å². The number of hydrogen-bond acceptors (Lipinski definition) is 4. The molecule has 0 bridgehead atoms. The molecule has 0 aromatic heterocycles. The molecular formula is C31H37NO4. The standard InChI is InChI=1S/C31H37NO4/c1-5-8-19(15-20-12-13-26(33)22-10-7-6-9-21(20)22)11-14-27-28-23(18(2)3)16-24-29(25(28)17-36-27)31(35)32(4)30(24)34/h6-7,9-10,12-13,15,18,24-25,27,29,33H,5,8,11,14,16-17H2,1-4H3/b19-15+/t24-,25+,27-,29-/m1/s1. The average Bonchev–Trinajstić information content (AvgIpc) is 3.38. The predicted octanol–water partition coefficient (Wildman–Crippen LogP) is 6.11. The van der Waals surface area contributed by atoms with E-state index in [4.69, 9.17) is 4.74 Å². The van der Waals surface area contributed by atoms with Gasteiger partial charge in [-0.3, -0.25) is 14.5 Å². The van der Waals surface area contributed by atoms with Crippen molar-refractivity contribution in [2.45, 2.75) is 59.0 Å². The molecule has 1 aliphatic carbocycles. The van der Waals surface area contributed by atoms with Crippen molar-refractivity contribution in [3.05, 3.63) is 58.7 Å². The number of fused-ring (bicyclic) bond motifs is 4. The van der Waals surface area contributed by atoms with Crippen molar-refractivity contribution < 1.29 is 19.4 Å². The zero-order valence-corrected chi connectivity index (χ0v) is 21.8. The van der Waals surface area contributed by atoms with Gasteiger partial charge in [-0.15, -0.1) is 0 Å². The van der Waals surface area contributed by atoms with Crippen LogP contribution >= 0.6 is 0 Å². The van der Waals surface area contributed by atoms with Crippen LogP contribution in [0.15, 0.2) is 53.1 Å². The minimum atomic E-state index is -0.265. The highest BCUT2D eigenvalue weighted by molar-refractivity contribution is 6.05. The number of ether oxygens (including phenoxy) is 1. The van der Waals surface area contributed by atoms with E-state index in [9.17, 15) is 14.7 Å². The van der Waals surface area contributed by atoms with Gasteiger partial charge >= 0.3 is 0 Å². The first-order valence-corrected chi connectivity index (χ1v) is 13.4. The Labute approximate surface area is 213 Å². The molecule has 5 nitrogen and oxygen atoms in total. The fourth-order valence-corrected chi connectivity index (χ4v) is 6.68. The van der Waals surface area contributed by atoms with Gasteiger partial charge in [0.1, 0.15) is 5.75 Å². The number of imide groups is 1. The average molecular weight is 488 g/mol. The Morgan fingerprint density at radius 2 is 1.83 bits per heavy atom. The van der Waals surface area contributed by atoms with Gasteiger partial charge < -0.3 is 9.84 Å². The van der Waals surface area contributed by atoms with Gasteiger partial charge in [0, 0.05) is 18.4 Å². The molecule has 2 amide bonds. The van der Waals surface area contributed by atoms with E-state index in [1.807, 2.05) is 24.3 Å². The quantitative estimate of drug-likeness (QED) is 0.378. The minimum absolute atomic E-state index is 0.000948. The van der Waals surface area contributed by atoms with Crippen molar-refractivity contribution in [3.63, 3.8) is 0 Å². The molecule has 2 heterocycles. The molecule has 2 aromatic carbocycles. The lowest BCUT2D eigenvalue weighted by Crippen LogP contribution is -2.34. The van der Waals surface area contributed by atoms with E-state index in [1.165, 1.54) is 21.6 Å². The molecule has 1 N–H and O–H groups in total. The molecule has 5 rings (SSSR count). The van der Waals surface area contributed by atoms with Crippen LogP contribution in [0.25, 0.3) is 16.8 Å². The Morgan fingerprint density at radius 3 is 2.56 bits per heavy atom. The van der Waals surface area contributed by atoms with Gasteiger partial charge in [0.2, 0.25) is 11.8 Å². The summed E-state index contributed by atoms with van der Waals surface area (Å²) in [6.45, 7) is 7.11. The number of hydrogen-bond donors (Lipinski definition) is 1. The Hall–Kier alpha value is -2.92. The van der Waals surface area contributed by atoms with Crippen molar-refractivity contribution in [1.82, 2.24) is 4.90 Å². The largest absolute Gasteiger partial charge is 0.507 e. The number of nitrogens with zero attached hydrogens (tertiary/aromatic N) is 1. The van der Waals surface area contributed by atoms with Crippen LogP contribution in [0.5, 0.6) is 5.75 Å². The van der Waals surface area contributed by atoms with Crippen LogP contribution in [0.2, 0.25) is 0 Å². The highest BCUT2D eigenvalue weighted by Gasteiger charge is 2.56. The lowest BCUT2D eigenvalue weighted by molar-refractivity contribution is -0.138. The summed E-state index contributed by atoms with van der Waals surface area (Å²) in [5, 5.41) is 12.2. The Bertz CT molecular complexity index is 1260. The topological polar surface area (TPSA) is 66.8 Å². The van der Waals surface area contributed by atoms with E-state index < -0.39 is 0 Å². The summed E-state index contributed by atoms with van der Waals surface area (Å²) in [5.41, 5.74) is 5.12. The molecule has 0 radical (unpaired) electrons. The van der Waals surface area contributed by atoms with Crippen LogP contribution in [0.4, 0.5) is 0 Å². The lowest BCUT2D eigenvalue weighted by atomic mass is 9.67. The Morgan fingerprint density at radius 1 is 1.08 bits per heavy atom. The van der Waals surface area contributed by atoms with Crippen LogP contribution in [0, 0.1) is 23.7 Å². The van der Waals surface area contributed by atoms with Crippen LogP contribution < -0.4 is 0 Å². The van der Waals surface area contributed by atoms with Crippen LogP contribution in [0.3, 0.4) is 0 Å². The first-order chi connectivity index (χ1) is 17.3. The third kappa shape index (κ3) is 4.17. The lowest BCUT2D eigenvalue weighted by Gasteiger charge is -2.33. The predicted molar refractivity (Wildman–Crippen MR) is 142 cm³/mol. The number of likely N-dealkylation sites (tertiary alicyclic amines) is 1. The monoisotopic (exact) mass is 487 g/mol. The fraction of sp³-hybridized carbons (Fsp3) is 0.484. The summed E-state index contributed by atoms with van der Waals surface area (Å²) in [5.74, 6) is 0.0980. The molecule has 2 aromatic rings. The molecular weight excluding hydrogens is 450 g/mol. The summed E-state index contributed by atoms with van der Waals surface area (Å²) in [4.78, 5) is 27.1. The highest BCUT2D eigenvalue weighted by atomic mass is 16.5. The number of allylic oxidation sites excluding steroid dienone is 2. The molecule has 0 unspecified atom stereocenters. The maximum atomic E-state index is 13.0. The summed E-state index contributed by atoms with van der Waals surface area (Å²) in [6.07, 6.45) is 6.81. The summed E-state index contributed by atoms with van der Waals surface area (Å²) in [7, 11) is 1.62. The number of benzene rings is 2. The van der Waals surface area contributed by atoms with E-state index in [0.717, 1.165) is 42.0 Å². The maximum Gasteiger partial charge on any atom is 0.233 e.